The maximum Gasteiger partial charge on any atom is 0.211 e. The van der Waals surface area contributed by atoms with E-state index in [4.69, 9.17) is 4.74 Å². The molecule has 1 aromatic heterocycles. The summed E-state index contributed by atoms with van der Waals surface area (Å²) < 4.78 is 6.25. The highest BCUT2D eigenvalue weighted by Gasteiger charge is 2.21. The molecule has 1 atom stereocenters. The number of hydrogen-bond donors (Lipinski definition) is 0. The van der Waals surface area contributed by atoms with E-state index in [9.17, 15) is 4.79 Å². The SMILES string of the molecule is COc1ccc2scc(N3CCCCC3C)c(=O)c2c1. The molecule has 2 aromatic rings. The van der Waals surface area contributed by atoms with Gasteiger partial charge in [-0.15, -0.1) is 11.3 Å². The number of benzene rings is 1. The van der Waals surface area contributed by atoms with Gasteiger partial charge in [0, 0.05) is 28.1 Å². The van der Waals surface area contributed by atoms with E-state index in [1.165, 1.54) is 19.3 Å². The quantitative estimate of drug-likeness (QED) is 0.845. The Morgan fingerprint density at radius 2 is 2.20 bits per heavy atom. The van der Waals surface area contributed by atoms with Crippen LogP contribution >= 0.6 is 11.3 Å². The van der Waals surface area contributed by atoms with Gasteiger partial charge >= 0.3 is 0 Å². The fraction of sp³-hybridized carbons (Fsp3) is 0.438. The third-order valence-corrected chi connectivity index (χ3v) is 5.02. The molecule has 20 heavy (non-hydrogen) atoms. The van der Waals surface area contributed by atoms with Crippen molar-refractivity contribution in [1.29, 1.82) is 0 Å². The summed E-state index contributed by atoms with van der Waals surface area (Å²) in [6.07, 6.45) is 3.60. The monoisotopic (exact) mass is 289 g/mol. The van der Waals surface area contributed by atoms with Crippen LogP contribution < -0.4 is 15.1 Å². The molecule has 3 rings (SSSR count). The largest absolute Gasteiger partial charge is 0.497 e. The van der Waals surface area contributed by atoms with E-state index < -0.39 is 0 Å². The molecule has 0 saturated carbocycles. The summed E-state index contributed by atoms with van der Waals surface area (Å²) in [5.41, 5.74) is 0.981. The van der Waals surface area contributed by atoms with Crippen molar-refractivity contribution in [3.63, 3.8) is 0 Å². The van der Waals surface area contributed by atoms with Crippen LogP contribution in [-0.2, 0) is 0 Å². The van der Waals surface area contributed by atoms with Crippen molar-refractivity contribution < 1.29 is 4.74 Å². The Balaban J connectivity index is 2.12. The van der Waals surface area contributed by atoms with Crippen LogP contribution in [0.3, 0.4) is 0 Å². The van der Waals surface area contributed by atoms with Gasteiger partial charge in [-0.25, -0.2) is 0 Å². The second-order valence-electron chi connectivity index (χ2n) is 5.35. The third kappa shape index (κ3) is 2.29. The van der Waals surface area contributed by atoms with E-state index in [0.29, 0.717) is 6.04 Å². The van der Waals surface area contributed by atoms with Crippen molar-refractivity contribution in [2.75, 3.05) is 18.6 Å². The van der Waals surface area contributed by atoms with Gasteiger partial charge in [-0.3, -0.25) is 4.79 Å². The molecule has 1 unspecified atom stereocenters. The maximum atomic E-state index is 12.8. The first-order chi connectivity index (χ1) is 9.70. The predicted octanol–water partition coefficient (Wildman–Crippen LogP) is 3.65. The summed E-state index contributed by atoms with van der Waals surface area (Å²) in [5, 5.41) is 2.78. The summed E-state index contributed by atoms with van der Waals surface area (Å²) in [4.78, 5) is 15.0. The maximum absolute atomic E-state index is 12.8. The van der Waals surface area contributed by atoms with Gasteiger partial charge in [0.05, 0.1) is 12.8 Å². The molecule has 0 bridgehead atoms. The molecule has 1 fully saturated rings. The Hall–Kier alpha value is -1.55. The molecule has 0 N–H and O–H groups in total. The van der Waals surface area contributed by atoms with E-state index in [1.54, 1.807) is 18.4 Å². The Labute approximate surface area is 122 Å². The van der Waals surface area contributed by atoms with Crippen molar-refractivity contribution in [2.24, 2.45) is 0 Å². The Bertz CT molecular complexity index is 680. The van der Waals surface area contributed by atoms with Crippen molar-refractivity contribution in [3.8, 4) is 5.75 Å². The minimum absolute atomic E-state index is 0.131. The predicted molar refractivity (Wildman–Crippen MR) is 85.3 cm³/mol. The van der Waals surface area contributed by atoms with Gasteiger partial charge in [0.15, 0.2) is 0 Å². The number of anilines is 1. The van der Waals surface area contributed by atoms with E-state index in [0.717, 1.165) is 28.1 Å². The number of methoxy groups -OCH3 is 1. The smallest absolute Gasteiger partial charge is 0.211 e. The normalized spacial score (nSPS) is 19.3. The van der Waals surface area contributed by atoms with E-state index in [2.05, 4.69) is 11.8 Å². The van der Waals surface area contributed by atoms with Gasteiger partial charge in [0.1, 0.15) is 5.75 Å². The Morgan fingerprint density at radius 1 is 1.35 bits per heavy atom. The fourth-order valence-electron chi connectivity index (χ4n) is 2.88. The van der Waals surface area contributed by atoms with Crippen molar-refractivity contribution in [1.82, 2.24) is 0 Å². The number of nitrogens with zero attached hydrogens (tertiary/aromatic N) is 1. The molecule has 3 nitrogen and oxygen atoms in total. The summed E-state index contributed by atoms with van der Waals surface area (Å²) >= 11 is 1.64. The summed E-state index contributed by atoms with van der Waals surface area (Å²) in [5.74, 6) is 0.741. The number of hydrogen-bond acceptors (Lipinski definition) is 4. The van der Waals surface area contributed by atoms with Gasteiger partial charge in [0.2, 0.25) is 5.43 Å². The fourth-order valence-corrected chi connectivity index (χ4v) is 3.79. The minimum atomic E-state index is 0.131. The molecule has 4 heteroatoms. The molecule has 0 amide bonds. The van der Waals surface area contributed by atoms with Gasteiger partial charge in [0.25, 0.3) is 0 Å². The van der Waals surface area contributed by atoms with Crippen LogP contribution in [0.1, 0.15) is 26.2 Å². The van der Waals surface area contributed by atoms with Crippen molar-refractivity contribution >= 4 is 27.1 Å². The highest BCUT2D eigenvalue weighted by atomic mass is 32.1. The van der Waals surface area contributed by atoms with Crippen LogP contribution in [0.5, 0.6) is 5.75 Å². The van der Waals surface area contributed by atoms with Crippen molar-refractivity contribution in [2.45, 2.75) is 32.2 Å². The van der Waals surface area contributed by atoms with Crippen LogP contribution in [0.2, 0.25) is 0 Å². The molecule has 0 aliphatic carbocycles. The second kappa shape index (κ2) is 5.44. The van der Waals surface area contributed by atoms with E-state index in [-0.39, 0.29) is 5.43 Å². The van der Waals surface area contributed by atoms with Gasteiger partial charge in [-0.2, -0.15) is 0 Å². The zero-order chi connectivity index (χ0) is 14.1. The zero-order valence-corrected chi connectivity index (χ0v) is 12.7. The first kappa shape index (κ1) is 13.4. The lowest BCUT2D eigenvalue weighted by Gasteiger charge is -2.34. The summed E-state index contributed by atoms with van der Waals surface area (Å²) in [7, 11) is 1.63. The standard InChI is InChI=1S/C16H19NO2S/c1-11-5-3-4-8-17(11)14-10-20-15-7-6-12(19-2)9-13(15)16(14)18/h6-7,9-11H,3-5,8H2,1-2H3. The second-order valence-corrected chi connectivity index (χ2v) is 6.26. The zero-order valence-electron chi connectivity index (χ0n) is 11.9. The molecule has 1 saturated heterocycles. The molecule has 2 heterocycles. The molecular formula is C16H19NO2S. The average Bonchev–Trinajstić information content (AvgIpc) is 2.48. The molecule has 0 radical (unpaired) electrons. The van der Waals surface area contributed by atoms with Gasteiger partial charge < -0.3 is 9.64 Å². The van der Waals surface area contributed by atoms with Gasteiger partial charge in [-0.1, -0.05) is 0 Å². The highest BCUT2D eigenvalue weighted by Crippen LogP contribution is 2.28. The molecule has 1 aliphatic rings. The minimum Gasteiger partial charge on any atom is -0.497 e. The third-order valence-electron chi connectivity index (χ3n) is 4.07. The van der Waals surface area contributed by atoms with E-state index in [1.807, 2.05) is 23.6 Å². The van der Waals surface area contributed by atoms with Crippen LogP contribution in [0.15, 0.2) is 28.4 Å². The van der Waals surface area contributed by atoms with Crippen LogP contribution in [0.25, 0.3) is 10.1 Å². The number of piperidine rings is 1. The molecule has 1 aliphatic heterocycles. The molecule has 0 spiro atoms. The number of rotatable bonds is 2. The Morgan fingerprint density at radius 3 is 2.95 bits per heavy atom. The number of ether oxygens (including phenoxy) is 1. The molecule has 1 aromatic carbocycles. The van der Waals surface area contributed by atoms with Gasteiger partial charge in [-0.05, 0) is 44.4 Å². The van der Waals surface area contributed by atoms with E-state index >= 15 is 0 Å². The average molecular weight is 289 g/mol. The number of fused-ring (bicyclic) bond motifs is 1. The topological polar surface area (TPSA) is 29.5 Å². The highest BCUT2D eigenvalue weighted by molar-refractivity contribution is 7.16. The lowest BCUT2D eigenvalue weighted by molar-refractivity contribution is 0.415. The van der Waals surface area contributed by atoms with Crippen LogP contribution in [0, 0.1) is 0 Å². The molecular weight excluding hydrogens is 270 g/mol. The van der Waals surface area contributed by atoms with Crippen molar-refractivity contribution in [3.05, 3.63) is 33.8 Å². The first-order valence-electron chi connectivity index (χ1n) is 7.07. The Kier molecular flexibility index (Phi) is 3.66. The van der Waals surface area contributed by atoms with Crippen LogP contribution in [0.4, 0.5) is 5.69 Å². The lowest BCUT2D eigenvalue weighted by atomic mass is 10.0. The molecule has 106 valence electrons. The summed E-state index contributed by atoms with van der Waals surface area (Å²) in [6, 6.07) is 6.17. The summed E-state index contributed by atoms with van der Waals surface area (Å²) in [6.45, 7) is 3.19. The first-order valence-corrected chi connectivity index (χ1v) is 7.95. The van der Waals surface area contributed by atoms with Crippen LogP contribution in [-0.4, -0.2) is 19.7 Å². The lowest BCUT2D eigenvalue weighted by Crippen LogP contribution is -2.39.